The Morgan fingerprint density at radius 1 is 1.18 bits per heavy atom. The molecule has 0 aliphatic carbocycles. The maximum absolute atomic E-state index is 12.3. The van der Waals surface area contributed by atoms with Gasteiger partial charge in [0.15, 0.2) is 5.17 Å². The second-order valence-corrected chi connectivity index (χ2v) is 7.66. The normalized spacial score (nSPS) is 17.4. The Balaban J connectivity index is 1.54. The van der Waals surface area contributed by atoms with Crippen LogP contribution in [0.4, 0.5) is 11.4 Å². The van der Waals surface area contributed by atoms with Gasteiger partial charge in [0.1, 0.15) is 11.0 Å². The maximum atomic E-state index is 12.3. The van der Waals surface area contributed by atoms with E-state index in [2.05, 4.69) is 15.6 Å². The number of nitrogens with one attached hydrogen (secondary N) is 2. The summed E-state index contributed by atoms with van der Waals surface area (Å²) in [4.78, 5) is 28.9. The monoisotopic (exact) mass is 397 g/mol. The Labute approximate surface area is 168 Å². The summed E-state index contributed by atoms with van der Waals surface area (Å²) in [6.45, 7) is 4.71. The van der Waals surface area contributed by atoms with Crippen molar-refractivity contribution >= 4 is 40.1 Å². The molecule has 0 radical (unpaired) electrons. The van der Waals surface area contributed by atoms with E-state index in [-0.39, 0.29) is 18.2 Å². The summed E-state index contributed by atoms with van der Waals surface area (Å²) in [5, 5.41) is 5.58. The van der Waals surface area contributed by atoms with Crippen LogP contribution in [-0.4, -0.2) is 28.8 Å². The number of amidine groups is 1. The number of benzene rings is 2. The van der Waals surface area contributed by atoms with Crippen molar-refractivity contribution in [2.45, 2.75) is 31.9 Å². The molecule has 0 aromatic heterocycles. The first-order valence-corrected chi connectivity index (χ1v) is 10.1. The smallest absolute Gasteiger partial charge is 0.240 e. The lowest BCUT2D eigenvalue weighted by Crippen LogP contribution is -2.28. The Morgan fingerprint density at radius 2 is 1.89 bits per heavy atom. The molecule has 0 bridgehead atoms. The Hall–Kier alpha value is -2.80. The molecule has 7 heteroatoms. The lowest BCUT2D eigenvalue weighted by Gasteiger charge is -2.09. The van der Waals surface area contributed by atoms with E-state index in [4.69, 9.17) is 4.74 Å². The number of ether oxygens (including phenoxy) is 1. The number of aryl methyl sites for hydroxylation is 1. The van der Waals surface area contributed by atoms with Crippen LogP contribution in [-0.2, 0) is 9.59 Å². The number of nitrogens with zero attached hydrogens (tertiary/aromatic N) is 1. The average Bonchev–Trinajstić information content (AvgIpc) is 3.02. The predicted octanol–water partition coefficient (Wildman–Crippen LogP) is 4.03. The van der Waals surface area contributed by atoms with Crippen molar-refractivity contribution in [2.75, 3.05) is 11.9 Å². The molecule has 1 saturated heterocycles. The maximum Gasteiger partial charge on any atom is 0.240 e. The summed E-state index contributed by atoms with van der Waals surface area (Å²) >= 11 is 1.28. The van der Waals surface area contributed by atoms with E-state index in [1.807, 2.05) is 50.2 Å². The molecule has 0 spiro atoms. The van der Waals surface area contributed by atoms with Gasteiger partial charge in [-0.1, -0.05) is 36.4 Å². The number of carbonyl (C=O) groups excluding carboxylic acids is 2. The summed E-state index contributed by atoms with van der Waals surface area (Å²) in [5.74, 6) is 0.350. The molecule has 0 saturated carbocycles. The van der Waals surface area contributed by atoms with E-state index < -0.39 is 5.25 Å². The first-order chi connectivity index (χ1) is 13.5. The number of carbonyl (C=O) groups is 2. The van der Waals surface area contributed by atoms with Gasteiger partial charge < -0.3 is 15.4 Å². The van der Waals surface area contributed by atoms with Gasteiger partial charge in [0, 0.05) is 12.1 Å². The molecule has 1 heterocycles. The van der Waals surface area contributed by atoms with Crippen LogP contribution in [0.1, 0.15) is 25.3 Å². The standard InChI is InChI=1S/C21H23N3O3S/c1-3-12-27-17-10-8-15(9-11-17)22-19(25)13-18-20(26)24-21(28-18)23-16-6-4-14(2)5-7-16/h4-11,18H,3,12-13H2,1-2H3,(H,22,25)(H,23,24,26). The third-order valence-electron chi connectivity index (χ3n) is 4.02. The van der Waals surface area contributed by atoms with Gasteiger partial charge in [0.25, 0.3) is 0 Å². The van der Waals surface area contributed by atoms with Crippen molar-refractivity contribution < 1.29 is 14.3 Å². The first-order valence-electron chi connectivity index (χ1n) is 9.19. The highest BCUT2D eigenvalue weighted by atomic mass is 32.2. The Kier molecular flexibility index (Phi) is 6.71. The molecule has 6 nitrogen and oxygen atoms in total. The number of aliphatic imine (C=N–C) groups is 1. The zero-order chi connectivity index (χ0) is 19.9. The highest BCUT2D eigenvalue weighted by molar-refractivity contribution is 8.15. The first kappa shape index (κ1) is 19.9. The van der Waals surface area contributed by atoms with Gasteiger partial charge in [-0.2, -0.15) is 0 Å². The minimum atomic E-state index is -0.489. The van der Waals surface area contributed by atoms with Crippen molar-refractivity contribution in [3.8, 4) is 5.75 Å². The Morgan fingerprint density at radius 3 is 2.57 bits per heavy atom. The second-order valence-electron chi connectivity index (χ2n) is 6.47. The molecule has 2 aromatic carbocycles. The van der Waals surface area contributed by atoms with E-state index >= 15 is 0 Å². The highest BCUT2D eigenvalue weighted by Gasteiger charge is 2.32. The van der Waals surface area contributed by atoms with Crippen LogP contribution in [0.25, 0.3) is 0 Å². The fourth-order valence-corrected chi connectivity index (χ4v) is 3.55. The molecule has 1 unspecified atom stereocenters. The molecule has 2 amide bonds. The number of thioether (sulfide) groups is 1. The second kappa shape index (κ2) is 9.41. The number of hydrogen-bond acceptors (Lipinski definition) is 5. The van der Waals surface area contributed by atoms with Crippen LogP contribution < -0.4 is 15.4 Å². The third kappa shape index (κ3) is 5.60. The highest BCUT2D eigenvalue weighted by Crippen LogP contribution is 2.26. The molecule has 2 aromatic rings. The van der Waals surface area contributed by atoms with Crippen LogP contribution >= 0.6 is 11.8 Å². The van der Waals surface area contributed by atoms with Gasteiger partial charge in [-0.25, -0.2) is 4.99 Å². The average molecular weight is 398 g/mol. The molecule has 1 fully saturated rings. The minimum Gasteiger partial charge on any atom is -0.494 e. The quantitative estimate of drug-likeness (QED) is 0.739. The zero-order valence-corrected chi connectivity index (χ0v) is 16.7. The van der Waals surface area contributed by atoms with Gasteiger partial charge in [-0.15, -0.1) is 0 Å². The van der Waals surface area contributed by atoms with Crippen molar-refractivity contribution in [1.82, 2.24) is 5.32 Å². The third-order valence-corrected chi connectivity index (χ3v) is 5.10. The van der Waals surface area contributed by atoms with E-state index in [9.17, 15) is 9.59 Å². The zero-order valence-electron chi connectivity index (χ0n) is 15.9. The topological polar surface area (TPSA) is 79.8 Å². The van der Waals surface area contributed by atoms with Gasteiger partial charge in [0.2, 0.25) is 11.8 Å². The molecule has 28 heavy (non-hydrogen) atoms. The largest absolute Gasteiger partial charge is 0.494 e. The van der Waals surface area contributed by atoms with Gasteiger partial charge in [-0.05, 0) is 49.7 Å². The van der Waals surface area contributed by atoms with Crippen LogP contribution in [0.5, 0.6) is 5.75 Å². The van der Waals surface area contributed by atoms with E-state index in [1.165, 1.54) is 11.8 Å². The van der Waals surface area contributed by atoms with Gasteiger partial charge in [0.05, 0.1) is 12.3 Å². The molecule has 3 rings (SSSR count). The van der Waals surface area contributed by atoms with Gasteiger partial charge >= 0.3 is 0 Å². The number of amides is 2. The SMILES string of the molecule is CCCOc1ccc(NC(=O)CC2SC(=Nc3ccc(C)cc3)NC2=O)cc1. The van der Waals surface area contributed by atoms with Crippen LogP contribution in [0, 0.1) is 6.92 Å². The van der Waals surface area contributed by atoms with Gasteiger partial charge in [-0.3, -0.25) is 9.59 Å². The molecule has 1 atom stereocenters. The molecule has 2 N–H and O–H groups in total. The minimum absolute atomic E-state index is 0.0809. The lowest BCUT2D eigenvalue weighted by atomic mass is 10.2. The fraction of sp³-hybridized carbons (Fsp3) is 0.286. The Bertz CT molecular complexity index is 863. The van der Waals surface area contributed by atoms with Crippen LogP contribution in [0.3, 0.4) is 0 Å². The summed E-state index contributed by atoms with van der Waals surface area (Å²) in [6.07, 6.45) is 1.02. The fourth-order valence-electron chi connectivity index (χ4n) is 2.56. The van der Waals surface area contributed by atoms with E-state index in [0.717, 1.165) is 23.4 Å². The summed E-state index contributed by atoms with van der Waals surface area (Å²) in [6, 6.07) is 14.9. The summed E-state index contributed by atoms with van der Waals surface area (Å²) < 4.78 is 5.52. The number of anilines is 1. The van der Waals surface area contributed by atoms with Crippen molar-refractivity contribution in [1.29, 1.82) is 0 Å². The van der Waals surface area contributed by atoms with Crippen LogP contribution in [0.2, 0.25) is 0 Å². The molecular formula is C21H23N3O3S. The molecule has 1 aliphatic rings. The van der Waals surface area contributed by atoms with Crippen LogP contribution in [0.15, 0.2) is 53.5 Å². The van der Waals surface area contributed by atoms with E-state index in [0.29, 0.717) is 17.5 Å². The van der Waals surface area contributed by atoms with Crippen molar-refractivity contribution in [3.05, 3.63) is 54.1 Å². The van der Waals surface area contributed by atoms with Crippen molar-refractivity contribution in [2.24, 2.45) is 4.99 Å². The summed E-state index contributed by atoms with van der Waals surface area (Å²) in [7, 11) is 0. The molecule has 146 valence electrons. The van der Waals surface area contributed by atoms with Crippen molar-refractivity contribution in [3.63, 3.8) is 0 Å². The molecule has 1 aliphatic heterocycles. The predicted molar refractivity (Wildman–Crippen MR) is 113 cm³/mol. The lowest BCUT2D eigenvalue weighted by molar-refractivity contribution is -0.122. The molecular weight excluding hydrogens is 374 g/mol. The number of hydrogen-bond donors (Lipinski definition) is 2. The summed E-state index contributed by atoms with van der Waals surface area (Å²) in [5.41, 5.74) is 2.58. The van der Waals surface area contributed by atoms with E-state index in [1.54, 1.807) is 12.1 Å². The number of rotatable bonds is 7.